The molecular formula is C14H21N3O2S2. The van der Waals surface area contributed by atoms with E-state index in [2.05, 4.69) is 26.8 Å². The minimum Gasteiger partial charge on any atom is -0.481 e. The van der Waals surface area contributed by atoms with Gasteiger partial charge >= 0.3 is 5.97 Å². The van der Waals surface area contributed by atoms with Crippen LogP contribution in [0.25, 0.3) is 5.57 Å². The zero-order chi connectivity index (χ0) is 15.1. The monoisotopic (exact) mass is 327 g/mol. The number of carboxylic acids is 1. The molecular weight excluding hydrogens is 306 g/mol. The molecule has 1 aromatic heterocycles. The molecule has 2 rings (SSSR count). The number of hydrogen-bond donors (Lipinski definition) is 1. The van der Waals surface area contributed by atoms with Crippen molar-refractivity contribution in [3.8, 4) is 0 Å². The van der Waals surface area contributed by atoms with Crippen molar-refractivity contribution in [2.24, 2.45) is 0 Å². The molecule has 0 unspecified atom stereocenters. The van der Waals surface area contributed by atoms with Crippen LogP contribution in [0.15, 0.2) is 11.1 Å². The first kappa shape index (κ1) is 16.5. The highest BCUT2D eigenvalue weighted by Crippen LogP contribution is 2.29. The van der Waals surface area contributed by atoms with Gasteiger partial charge in [-0.1, -0.05) is 12.5 Å². The average molecular weight is 327 g/mol. The van der Waals surface area contributed by atoms with Crippen molar-refractivity contribution in [1.29, 1.82) is 0 Å². The molecule has 1 N–H and O–H groups in total. The van der Waals surface area contributed by atoms with Gasteiger partial charge in [-0.15, -0.1) is 11.8 Å². The number of likely N-dealkylation sites (N-methyl/N-ethyl adjacent to an activating group) is 1. The highest BCUT2D eigenvalue weighted by Gasteiger charge is 2.17. The normalized spacial score (nSPS) is 16.0. The predicted molar refractivity (Wildman–Crippen MR) is 86.8 cm³/mol. The number of rotatable bonds is 8. The third-order valence-electron chi connectivity index (χ3n) is 3.38. The van der Waals surface area contributed by atoms with Crippen molar-refractivity contribution in [3.63, 3.8) is 0 Å². The van der Waals surface area contributed by atoms with Gasteiger partial charge in [0, 0.05) is 19.5 Å². The fraction of sp³-hybridized carbons (Fsp3) is 0.643. The molecule has 21 heavy (non-hydrogen) atoms. The molecule has 1 aliphatic heterocycles. The van der Waals surface area contributed by atoms with Gasteiger partial charge in [0.05, 0.1) is 11.7 Å². The second kappa shape index (κ2) is 8.51. The van der Waals surface area contributed by atoms with Crippen molar-refractivity contribution in [3.05, 3.63) is 11.8 Å². The second-order valence-electron chi connectivity index (χ2n) is 5.23. The van der Waals surface area contributed by atoms with Gasteiger partial charge in [-0.25, -0.2) is 0 Å². The summed E-state index contributed by atoms with van der Waals surface area (Å²) in [6.07, 6.45) is 6.35. The molecule has 0 bridgehead atoms. The van der Waals surface area contributed by atoms with E-state index in [1.807, 2.05) is 0 Å². The number of carboxylic acid groups (broad SMARTS) is 1. The highest BCUT2D eigenvalue weighted by molar-refractivity contribution is 7.99. The van der Waals surface area contributed by atoms with Crippen molar-refractivity contribution >= 4 is 35.0 Å². The number of nitrogens with zero attached hydrogens (tertiary/aromatic N) is 3. The van der Waals surface area contributed by atoms with Gasteiger partial charge in [0.1, 0.15) is 10.7 Å². The molecule has 2 heterocycles. The molecule has 0 radical (unpaired) electrons. The van der Waals surface area contributed by atoms with Crippen LogP contribution in [0, 0.1) is 0 Å². The van der Waals surface area contributed by atoms with Crippen molar-refractivity contribution in [2.75, 3.05) is 25.9 Å². The molecule has 0 saturated carbocycles. The van der Waals surface area contributed by atoms with Crippen LogP contribution in [0.1, 0.15) is 37.8 Å². The number of unbranched alkanes of at least 4 members (excludes halogenated alkanes) is 2. The Labute approximate surface area is 133 Å². The van der Waals surface area contributed by atoms with Crippen molar-refractivity contribution in [1.82, 2.24) is 13.6 Å². The molecule has 1 aromatic rings. The Morgan fingerprint density at radius 2 is 2.29 bits per heavy atom. The second-order valence-corrected chi connectivity index (χ2v) is 6.84. The van der Waals surface area contributed by atoms with Crippen LogP contribution in [0.5, 0.6) is 0 Å². The van der Waals surface area contributed by atoms with Gasteiger partial charge in [-0.2, -0.15) is 8.75 Å². The minimum atomic E-state index is -0.706. The fourth-order valence-corrected chi connectivity index (χ4v) is 3.97. The Morgan fingerprint density at radius 3 is 3.05 bits per heavy atom. The summed E-state index contributed by atoms with van der Waals surface area (Å²) in [6, 6.07) is 0. The Kier molecular flexibility index (Phi) is 6.66. The van der Waals surface area contributed by atoms with E-state index in [-0.39, 0.29) is 6.42 Å². The highest BCUT2D eigenvalue weighted by atomic mass is 32.2. The van der Waals surface area contributed by atoms with E-state index >= 15 is 0 Å². The Hall–Kier alpha value is -0.920. The Bertz CT molecular complexity index is 502. The lowest BCUT2D eigenvalue weighted by atomic mass is 10.1. The molecule has 0 spiro atoms. The zero-order valence-corrected chi connectivity index (χ0v) is 13.9. The number of carbonyl (C=O) groups is 1. The van der Waals surface area contributed by atoms with Gasteiger partial charge in [0.2, 0.25) is 0 Å². The minimum absolute atomic E-state index is 0.271. The van der Waals surface area contributed by atoms with Crippen LogP contribution in [0.3, 0.4) is 0 Å². The lowest BCUT2D eigenvalue weighted by Gasteiger charge is -2.22. The van der Waals surface area contributed by atoms with E-state index in [0.717, 1.165) is 55.2 Å². The number of thioether (sulfide) groups is 1. The van der Waals surface area contributed by atoms with Gasteiger partial charge in [0.25, 0.3) is 0 Å². The first-order valence-electron chi connectivity index (χ1n) is 7.22. The van der Waals surface area contributed by atoms with Crippen LogP contribution in [0.4, 0.5) is 0 Å². The van der Waals surface area contributed by atoms with E-state index in [0.29, 0.717) is 0 Å². The lowest BCUT2D eigenvalue weighted by Crippen LogP contribution is -2.25. The molecule has 0 fully saturated rings. The fourth-order valence-electron chi connectivity index (χ4n) is 2.26. The molecule has 0 aromatic carbocycles. The maximum Gasteiger partial charge on any atom is 0.303 e. The summed E-state index contributed by atoms with van der Waals surface area (Å²) in [5.41, 5.74) is 2.33. The summed E-state index contributed by atoms with van der Waals surface area (Å²) in [6.45, 7) is 2.05. The van der Waals surface area contributed by atoms with E-state index in [4.69, 9.17) is 5.11 Å². The maximum absolute atomic E-state index is 10.4. The van der Waals surface area contributed by atoms with E-state index in [9.17, 15) is 4.79 Å². The predicted octanol–water partition coefficient (Wildman–Crippen LogP) is 2.99. The molecule has 1 aliphatic rings. The standard InChI is InChI=1S/C14H21N3O2S2/c1-17-8-5-6-11(10-17)13-14(16-21-15-13)20-9-4-2-3-7-12(18)19/h6H,2-5,7-10H2,1H3,(H,18,19). The molecule has 0 atom stereocenters. The Morgan fingerprint density at radius 1 is 1.43 bits per heavy atom. The van der Waals surface area contributed by atoms with Gasteiger partial charge in [-0.05, 0) is 37.6 Å². The number of hydrogen-bond acceptors (Lipinski definition) is 6. The number of aliphatic carboxylic acids is 1. The molecule has 7 heteroatoms. The summed E-state index contributed by atoms with van der Waals surface area (Å²) in [5, 5.41) is 9.62. The smallest absolute Gasteiger partial charge is 0.303 e. The van der Waals surface area contributed by atoms with Crippen molar-refractivity contribution < 1.29 is 9.90 Å². The maximum atomic E-state index is 10.4. The summed E-state index contributed by atoms with van der Waals surface area (Å²) in [4.78, 5) is 12.7. The van der Waals surface area contributed by atoms with Crippen LogP contribution in [-0.2, 0) is 4.79 Å². The van der Waals surface area contributed by atoms with E-state index in [1.54, 1.807) is 11.8 Å². The molecule has 0 amide bonds. The van der Waals surface area contributed by atoms with Gasteiger partial charge in [0.15, 0.2) is 0 Å². The third-order valence-corrected chi connectivity index (χ3v) is 5.07. The van der Waals surface area contributed by atoms with Crippen LogP contribution in [-0.4, -0.2) is 50.6 Å². The summed E-state index contributed by atoms with van der Waals surface area (Å²) >= 11 is 3.01. The summed E-state index contributed by atoms with van der Waals surface area (Å²) in [7, 11) is 2.13. The first-order valence-corrected chi connectivity index (χ1v) is 8.93. The van der Waals surface area contributed by atoms with Crippen molar-refractivity contribution in [2.45, 2.75) is 37.1 Å². The summed E-state index contributed by atoms with van der Waals surface area (Å²) < 4.78 is 8.85. The molecule has 0 saturated heterocycles. The molecule has 116 valence electrons. The lowest BCUT2D eigenvalue weighted by molar-refractivity contribution is -0.137. The topological polar surface area (TPSA) is 66.3 Å². The average Bonchev–Trinajstić information content (AvgIpc) is 2.91. The van der Waals surface area contributed by atoms with Gasteiger partial charge in [-0.3, -0.25) is 4.79 Å². The quantitative estimate of drug-likeness (QED) is 0.585. The van der Waals surface area contributed by atoms with Crippen LogP contribution < -0.4 is 0 Å². The largest absolute Gasteiger partial charge is 0.481 e. The van der Waals surface area contributed by atoms with Crippen LogP contribution >= 0.6 is 23.5 Å². The van der Waals surface area contributed by atoms with E-state index < -0.39 is 5.97 Å². The first-order chi connectivity index (χ1) is 10.2. The molecule has 5 nitrogen and oxygen atoms in total. The zero-order valence-electron chi connectivity index (χ0n) is 12.2. The van der Waals surface area contributed by atoms with E-state index in [1.165, 1.54) is 17.3 Å². The Balaban J connectivity index is 1.78. The summed E-state index contributed by atoms with van der Waals surface area (Å²) in [5.74, 6) is 0.267. The third kappa shape index (κ3) is 5.41. The SMILES string of the molecule is CN1CCC=C(c2nsnc2SCCCCCC(=O)O)C1. The molecule has 0 aliphatic carbocycles. The van der Waals surface area contributed by atoms with Gasteiger partial charge < -0.3 is 10.0 Å². The number of aromatic nitrogens is 2. The van der Waals surface area contributed by atoms with Crippen LogP contribution in [0.2, 0.25) is 0 Å².